The molecule has 0 atom stereocenters. The Morgan fingerprint density at radius 2 is 2.30 bits per heavy atom. The van der Waals surface area contributed by atoms with Crippen LogP contribution in [0.15, 0.2) is 29.7 Å². The molecule has 1 aromatic heterocycles. The molecule has 0 amide bonds. The lowest BCUT2D eigenvalue weighted by atomic mass is 10.2. The highest BCUT2D eigenvalue weighted by Gasteiger charge is 2.13. The summed E-state index contributed by atoms with van der Waals surface area (Å²) in [5, 5.41) is 18.8. The van der Waals surface area contributed by atoms with E-state index in [9.17, 15) is 10.1 Å². The third kappa shape index (κ3) is 3.27. The van der Waals surface area contributed by atoms with Gasteiger partial charge in [0.2, 0.25) is 0 Å². The Labute approximate surface area is 120 Å². The predicted molar refractivity (Wildman–Crippen MR) is 77.8 cm³/mol. The molecule has 2 aromatic rings. The first kappa shape index (κ1) is 14.3. The van der Waals surface area contributed by atoms with Crippen LogP contribution in [0.25, 0.3) is 0 Å². The van der Waals surface area contributed by atoms with E-state index in [1.54, 1.807) is 10.7 Å². The van der Waals surface area contributed by atoms with Gasteiger partial charge in [-0.2, -0.15) is 5.10 Å². The van der Waals surface area contributed by atoms with E-state index >= 15 is 0 Å². The number of nitrogens with zero attached hydrogens (tertiary/aromatic N) is 4. The Bertz CT molecular complexity index is 614. The van der Waals surface area contributed by atoms with Crippen LogP contribution in [0.2, 0.25) is 0 Å². The van der Waals surface area contributed by atoms with Gasteiger partial charge in [0.15, 0.2) is 5.16 Å². The zero-order chi connectivity index (χ0) is 14.5. The number of nitrogens with one attached hydrogen (secondary N) is 1. The van der Waals surface area contributed by atoms with Crippen molar-refractivity contribution in [3.8, 4) is 0 Å². The highest BCUT2D eigenvalue weighted by atomic mass is 32.2. The van der Waals surface area contributed by atoms with Gasteiger partial charge in [-0.3, -0.25) is 10.1 Å². The van der Waals surface area contributed by atoms with E-state index in [1.807, 2.05) is 20.0 Å². The van der Waals surface area contributed by atoms with Crippen LogP contribution in [0.3, 0.4) is 0 Å². The number of nitro groups is 1. The van der Waals surface area contributed by atoms with E-state index in [-0.39, 0.29) is 10.6 Å². The molecule has 0 unspecified atom stereocenters. The van der Waals surface area contributed by atoms with E-state index in [0.717, 1.165) is 10.7 Å². The zero-order valence-electron chi connectivity index (χ0n) is 11.2. The number of hydrogen-bond donors (Lipinski definition) is 1. The summed E-state index contributed by atoms with van der Waals surface area (Å²) in [6.07, 6.45) is 1.50. The van der Waals surface area contributed by atoms with Gasteiger partial charge in [0, 0.05) is 25.4 Å². The molecule has 1 heterocycles. The molecule has 0 bridgehead atoms. The highest BCUT2D eigenvalue weighted by molar-refractivity contribution is 7.98. The maximum Gasteiger partial charge on any atom is 0.292 e. The summed E-state index contributed by atoms with van der Waals surface area (Å²) in [6, 6.07) is 5.11. The molecule has 106 valence electrons. The SMILES string of the molecule is CCNc1cc(CSc2ncnn2C)ccc1[N+](=O)[O-]. The van der Waals surface area contributed by atoms with Crippen LogP contribution in [-0.4, -0.2) is 26.2 Å². The molecule has 0 saturated carbocycles. The quantitative estimate of drug-likeness (QED) is 0.500. The molecular weight excluding hydrogens is 278 g/mol. The van der Waals surface area contributed by atoms with Crippen molar-refractivity contribution in [1.82, 2.24) is 14.8 Å². The van der Waals surface area contributed by atoms with Crippen LogP contribution in [0.1, 0.15) is 12.5 Å². The van der Waals surface area contributed by atoms with Gasteiger partial charge in [0.25, 0.3) is 5.69 Å². The molecule has 1 N–H and O–H groups in total. The number of aromatic nitrogens is 3. The fourth-order valence-corrected chi connectivity index (χ4v) is 2.56. The molecule has 0 aliphatic heterocycles. The summed E-state index contributed by atoms with van der Waals surface area (Å²) in [4.78, 5) is 14.7. The maximum atomic E-state index is 10.9. The Morgan fingerprint density at radius 1 is 1.50 bits per heavy atom. The smallest absolute Gasteiger partial charge is 0.292 e. The summed E-state index contributed by atoms with van der Waals surface area (Å²) in [5.74, 6) is 0.683. The standard InChI is InChI=1S/C12H15N5O2S/c1-3-13-10-6-9(4-5-11(10)17(18)19)7-20-12-14-8-15-16(12)2/h4-6,8,13H,3,7H2,1-2H3. The van der Waals surface area contributed by atoms with E-state index in [1.165, 1.54) is 24.2 Å². The normalized spacial score (nSPS) is 10.5. The van der Waals surface area contributed by atoms with Crippen LogP contribution in [0, 0.1) is 10.1 Å². The third-order valence-corrected chi connectivity index (χ3v) is 3.77. The van der Waals surface area contributed by atoms with E-state index in [2.05, 4.69) is 15.4 Å². The Hall–Kier alpha value is -2.09. The van der Waals surface area contributed by atoms with Crippen molar-refractivity contribution in [2.45, 2.75) is 17.8 Å². The van der Waals surface area contributed by atoms with Gasteiger partial charge in [-0.15, -0.1) is 0 Å². The average Bonchev–Trinajstić information content (AvgIpc) is 2.82. The third-order valence-electron chi connectivity index (χ3n) is 2.66. The number of aryl methyl sites for hydroxylation is 1. The monoisotopic (exact) mass is 293 g/mol. The summed E-state index contributed by atoms with van der Waals surface area (Å²) in [6.45, 7) is 2.55. The Kier molecular flexibility index (Phi) is 4.57. The van der Waals surface area contributed by atoms with E-state index < -0.39 is 0 Å². The van der Waals surface area contributed by atoms with Gasteiger partial charge in [0.05, 0.1) is 4.92 Å². The van der Waals surface area contributed by atoms with Crippen LogP contribution in [0.4, 0.5) is 11.4 Å². The number of nitro benzene ring substituents is 1. The second kappa shape index (κ2) is 6.38. The number of hydrogen-bond acceptors (Lipinski definition) is 6. The molecule has 0 radical (unpaired) electrons. The van der Waals surface area contributed by atoms with Crippen LogP contribution in [0.5, 0.6) is 0 Å². The molecule has 0 spiro atoms. The Morgan fingerprint density at radius 3 is 2.90 bits per heavy atom. The van der Waals surface area contributed by atoms with Crippen LogP contribution < -0.4 is 5.32 Å². The fraction of sp³-hybridized carbons (Fsp3) is 0.333. The summed E-state index contributed by atoms with van der Waals surface area (Å²) < 4.78 is 1.70. The van der Waals surface area contributed by atoms with Crippen LogP contribution >= 0.6 is 11.8 Å². The van der Waals surface area contributed by atoms with E-state index in [0.29, 0.717) is 18.0 Å². The largest absolute Gasteiger partial charge is 0.380 e. The van der Waals surface area contributed by atoms with E-state index in [4.69, 9.17) is 0 Å². The van der Waals surface area contributed by atoms with Crippen molar-refractivity contribution in [3.63, 3.8) is 0 Å². The second-order valence-corrected chi connectivity index (χ2v) is 5.04. The maximum absolute atomic E-state index is 10.9. The van der Waals surface area contributed by atoms with Crippen molar-refractivity contribution in [2.24, 2.45) is 7.05 Å². The molecule has 7 nitrogen and oxygen atoms in total. The molecule has 0 saturated heterocycles. The lowest BCUT2D eigenvalue weighted by molar-refractivity contribution is -0.384. The summed E-state index contributed by atoms with van der Waals surface area (Å²) in [5.41, 5.74) is 1.65. The lowest BCUT2D eigenvalue weighted by Crippen LogP contribution is -2.02. The first-order chi connectivity index (χ1) is 9.61. The molecule has 20 heavy (non-hydrogen) atoms. The minimum atomic E-state index is -0.377. The van der Waals surface area contributed by atoms with Crippen molar-refractivity contribution in [1.29, 1.82) is 0 Å². The van der Waals surface area contributed by atoms with Gasteiger partial charge >= 0.3 is 0 Å². The number of thioether (sulfide) groups is 1. The lowest BCUT2D eigenvalue weighted by Gasteiger charge is -2.07. The minimum Gasteiger partial charge on any atom is -0.380 e. The number of rotatable bonds is 6. The molecule has 0 fully saturated rings. The fourth-order valence-electron chi connectivity index (χ4n) is 1.73. The van der Waals surface area contributed by atoms with Crippen molar-refractivity contribution < 1.29 is 4.92 Å². The van der Waals surface area contributed by atoms with Gasteiger partial charge < -0.3 is 5.32 Å². The predicted octanol–water partition coefficient (Wildman–Crippen LogP) is 2.45. The Balaban J connectivity index is 2.14. The molecule has 0 aliphatic rings. The summed E-state index contributed by atoms with van der Waals surface area (Å²) >= 11 is 1.54. The van der Waals surface area contributed by atoms with Crippen molar-refractivity contribution in [2.75, 3.05) is 11.9 Å². The minimum absolute atomic E-state index is 0.0965. The van der Waals surface area contributed by atoms with Gasteiger partial charge in [-0.05, 0) is 18.6 Å². The molecule has 2 rings (SSSR count). The number of benzene rings is 1. The highest BCUT2D eigenvalue weighted by Crippen LogP contribution is 2.28. The number of anilines is 1. The molecule has 0 aliphatic carbocycles. The molecular formula is C12H15N5O2S. The van der Waals surface area contributed by atoms with Gasteiger partial charge in [-0.25, -0.2) is 9.67 Å². The second-order valence-electron chi connectivity index (χ2n) is 4.09. The first-order valence-electron chi connectivity index (χ1n) is 6.09. The van der Waals surface area contributed by atoms with Gasteiger partial charge in [-0.1, -0.05) is 17.8 Å². The van der Waals surface area contributed by atoms with Gasteiger partial charge in [0.1, 0.15) is 12.0 Å². The summed E-state index contributed by atoms with van der Waals surface area (Å²) in [7, 11) is 1.83. The zero-order valence-corrected chi connectivity index (χ0v) is 12.1. The average molecular weight is 293 g/mol. The van der Waals surface area contributed by atoms with Crippen LogP contribution in [-0.2, 0) is 12.8 Å². The topological polar surface area (TPSA) is 85.9 Å². The molecule has 8 heteroatoms. The molecule has 1 aromatic carbocycles. The van der Waals surface area contributed by atoms with Crippen molar-refractivity contribution in [3.05, 3.63) is 40.2 Å². The van der Waals surface area contributed by atoms with Crippen molar-refractivity contribution >= 4 is 23.1 Å². The first-order valence-corrected chi connectivity index (χ1v) is 7.08.